The van der Waals surface area contributed by atoms with Gasteiger partial charge >= 0.3 is 0 Å². The molecule has 0 radical (unpaired) electrons. The minimum absolute atomic E-state index is 0.776. The molecule has 2 heteroatoms. The topological polar surface area (TPSA) is 0 Å². The molecule has 0 atom stereocenters. The molecule has 14 heavy (non-hydrogen) atoms. The largest absolute Gasteiger partial charge is 0.0935 e. The van der Waals surface area contributed by atoms with Crippen LogP contribution in [0.2, 0.25) is 0 Å². The van der Waals surface area contributed by atoms with Crippen molar-refractivity contribution in [2.75, 3.05) is 5.75 Å². The van der Waals surface area contributed by atoms with Crippen molar-refractivity contribution >= 4 is 21.6 Å². The second-order valence-corrected chi connectivity index (χ2v) is 8.69. The van der Waals surface area contributed by atoms with Crippen LogP contribution in [0.15, 0.2) is 0 Å². The van der Waals surface area contributed by atoms with E-state index in [-0.39, 0.29) is 0 Å². The van der Waals surface area contributed by atoms with Gasteiger partial charge in [-0.2, -0.15) is 0 Å². The summed E-state index contributed by atoms with van der Waals surface area (Å²) in [6, 6.07) is 0. The first-order valence-corrected chi connectivity index (χ1v) is 8.49. The Kier molecular flexibility index (Phi) is 1.81. The summed E-state index contributed by atoms with van der Waals surface area (Å²) < 4.78 is 0.776. The highest BCUT2D eigenvalue weighted by molar-refractivity contribution is 8.77. The highest BCUT2D eigenvalue weighted by atomic mass is 33.1. The average molecular weight is 226 g/mol. The van der Waals surface area contributed by atoms with E-state index in [0.717, 1.165) is 28.4 Å². The monoisotopic (exact) mass is 226 g/mol. The Bertz CT molecular complexity index is 225. The van der Waals surface area contributed by atoms with E-state index in [2.05, 4.69) is 21.6 Å². The fourth-order valence-corrected chi connectivity index (χ4v) is 8.84. The average Bonchev–Trinajstić information content (AvgIpc) is 2.63. The maximum atomic E-state index is 2.30. The zero-order chi connectivity index (χ0) is 9.17. The van der Waals surface area contributed by atoms with Crippen LogP contribution >= 0.6 is 21.6 Å². The highest BCUT2D eigenvalue weighted by Gasteiger charge is 2.58. The summed E-state index contributed by atoms with van der Waals surface area (Å²) in [5.74, 6) is 5.98. The van der Waals surface area contributed by atoms with E-state index in [9.17, 15) is 0 Å². The lowest BCUT2D eigenvalue weighted by Crippen LogP contribution is -2.54. The first-order chi connectivity index (χ1) is 6.87. The van der Waals surface area contributed by atoms with Crippen LogP contribution in [-0.2, 0) is 0 Å². The van der Waals surface area contributed by atoms with Gasteiger partial charge in [-0.1, -0.05) is 21.6 Å². The molecule has 0 aromatic rings. The van der Waals surface area contributed by atoms with Gasteiger partial charge in [-0.15, -0.1) is 0 Å². The number of hydrogen-bond acceptors (Lipinski definition) is 2. The lowest BCUT2D eigenvalue weighted by Gasteiger charge is -2.59. The van der Waals surface area contributed by atoms with E-state index in [1.165, 1.54) is 12.2 Å². The predicted molar refractivity (Wildman–Crippen MR) is 64.4 cm³/mol. The molecule has 0 nitrogen and oxygen atoms in total. The molecule has 1 heterocycles. The number of hydrogen-bond donors (Lipinski definition) is 0. The van der Waals surface area contributed by atoms with Crippen LogP contribution in [0.5, 0.6) is 0 Å². The Morgan fingerprint density at radius 2 is 1.50 bits per heavy atom. The van der Waals surface area contributed by atoms with Crippen molar-refractivity contribution in [2.45, 2.75) is 43.3 Å². The fraction of sp³-hybridized carbons (Fsp3) is 1.00. The van der Waals surface area contributed by atoms with E-state index in [1.54, 1.807) is 32.1 Å². The Morgan fingerprint density at radius 1 is 0.857 bits per heavy atom. The van der Waals surface area contributed by atoms with Crippen molar-refractivity contribution in [1.82, 2.24) is 0 Å². The molecule has 1 aliphatic heterocycles. The zero-order valence-electron chi connectivity index (χ0n) is 8.58. The molecule has 1 saturated heterocycles. The Morgan fingerprint density at radius 3 is 2.00 bits per heavy atom. The normalized spacial score (nSPS) is 60.0. The third-order valence-electron chi connectivity index (χ3n) is 5.31. The molecule has 5 aliphatic rings. The summed E-state index contributed by atoms with van der Waals surface area (Å²) >= 11 is 0. The third-order valence-corrected chi connectivity index (χ3v) is 8.76. The van der Waals surface area contributed by atoms with Crippen molar-refractivity contribution in [2.24, 2.45) is 23.7 Å². The second kappa shape index (κ2) is 2.88. The van der Waals surface area contributed by atoms with Crippen LogP contribution in [0.3, 0.4) is 0 Å². The molecule has 5 rings (SSSR count). The molecule has 0 unspecified atom stereocenters. The molecular formula is C12H18S2. The molecule has 4 aliphatic carbocycles. The Balaban J connectivity index is 1.73. The minimum Gasteiger partial charge on any atom is -0.0935 e. The Labute approximate surface area is 94.4 Å². The lowest BCUT2D eigenvalue weighted by atomic mass is 9.51. The molecule has 0 aromatic carbocycles. The summed E-state index contributed by atoms with van der Waals surface area (Å²) in [7, 11) is 4.47. The SMILES string of the molecule is C1CC2(SS1)C1CC3CC(C1)CC2C3. The van der Waals surface area contributed by atoms with Crippen molar-refractivity contribution in [1.29, 1.82) is 0 Å². The fourth-order valence-electron chi connectivity index (χ4n) is 4.92. The summed E-state index contributed by atoms with van der Waals surface area (Å²) in [6.45, 7) is 0. The van der Waals surface area contributed by atoms with Gasteiger partial charge in [0.25, 0.3) is 0 Å². The van der Waals surface area contributed by atoms with Crippen LogP contribution in [0.4, 0.5) is 0 Å². The maximum absolute atomic E-state index is 2.30. The van der Waals surface area contributed by atoms with Crippen LogP contribution in [-0.4, -0.2) is 10.5 Å². The first kappa shape index (κ1) is 8.81. The van der Waals surface area contributed by atoms with Crippen molar-refractivity contribution < 1.29 is 0 Å². The van der Waals surface area contributed by atoms with Gasteiger partial charge in [-0.25, -0.2) is 0 Å². The van der Waals surface area contributed by atoms with Gasteiger partial charge < -0.3 is 0 Å². The molecular weight excluding hydrogens is 208 g/mol. The molecule has 0 amide bonds. The van der Waals surface area contributed by atoms with Gasteiger partial charge in [0.05, 0.1) is 0 Å². The zero-order valence-corrected chi connectivity index (χ0v) is 10.2. The van der Waals surface area contributed by atoms with Crippen LogP contribution < -0.4 is 0 Å². The first-order valence-electron chi connectivity index (χ1n) is 6.17. The lowest BCUT2D eigenvalue weighted by molar-refractivity contribution is -0.0161. The summed E-state index contributed by atoms with van der Waals surface area (Å²) in [6.07, 6.45) is 9.53. The van der Waals surface area contributed by atoms with Crippen LogP contribution in [0, 0.1) is 23.7 Å². The highest BCUT2D eigenvalue weighted by Crippen LogP contribution is 2.68. The molecule has 1 spiro atoms. The van der Waals surface area contributed by atoms with Gasteiger partial charge in [0.1, 0.15) is 0 Å². The molecule has 0 N–H and O–H groups in total. The quantitative estimate of drug-likeness (QED) is 0.573. The van der Waals surface area contributed by atoms with Gasteiger partial charge in [-0.3, -0.25) is 0 Å². The van der Waals surface area contributed by atoms with Crippen LogP contribution in [0.25, 0.3) is 0 Å². The van der Waals surface area contributed by atoms with Crippen molar-refractivity contribution in [3.63, 3.8) is 0 Å². The third kappa shape index (κ3) is 1.000. The molecule has 4 saturated carbocycles. The summed E-state index contributed by atoms with van der Waals surface area (Å²) in [5, 5.41) is 0. The van der Waals surface area contributed by atoms with E-state index < -0.39 is 0 Å². The Hall–Kier alpha value is 0.700. The van der Waals surface area contributed by atoms with Gasteiger partial charge in [0.2, 0.25) is 0 Å². The summed E-state index contributed by atoms with van der Waals surface area (Å²) in [5.41, 5.74) is 0. The van der Waals surface area contributed by atoms with Gasteiger partial charge in [0, 0.05) is 10.5 Å². The van der Waals surface area contributed by atoms with E-state index in [0.29, 0.717) is 0 Å². The second-order valence-electron chi connectivity index (χ2n) is 5.91. The molecule has 4 bridgehead atoms. The standard InChI is InChI=1S/C12H18S2/c1-2-13-14-12(1)10-4-8-3-9(6-10)7-11(12)5-8/h8-11H,1-7H2. The van der Waals surface area contributed by atoms with Gasteiger partial charge in [0.15, 0.2) is 0 Å². The summed E-state index contributed by atoms with van der Waals surface area (Å²) in [4.78, 5) is 0. The van der Waals surface area contributed by atoms with E-state index in [4.69, 9.17) is 0 Å². The van der Waals surface area contributed by atoms with Crippen LogP contribution in [0.1, 0.15) is 38.5 Å². The van der Waals surface area contributed by atoms with Crippen molar-refractivity contribution in [3.8, 4) is 0 Å². The minimum atomic E-state index is 0.776. The predicted octanol–water partition coefficient (Wildman–Crippen LogP) is 3.97. The molecule has 5 fully saturated rings. The van der Waals surface area contributed by atoms with Crippen molar-refractivity contribution in [3.05, 3.63) is 0 Å². The van der Waals surface area contributed by atoms with Gasteiger partial charge in [-0.05, 0) is 62.2 Å². The molecule has 78 valence electrons. The van der Waals surface area contributed by atoms with E-state index >= 15 is 0 Å². The maximum Gasteiger partial charge on any atom is 0.0328 e. The number of rotatable bonds is 0. The molecule has 0 aromatic heterocycles. The smallest absolute Gasteiger partial charge is 0.0328 e. The van der Waals surface area contributed by atoms with E-state index in [1.807, 2.05) is 0 Å².